The highest BCUT2D eigenvalue weighted by molar-refractivity contribution is 5.90. The third-order valence-corrected chi connectivity index (χ3v) is 3.99. The van der Waals surface area contributed by atoms with Gasteiger partial charge in [0.2, 0.25) is 0 Å². The van der Waals surface area contributed by atoms with Gasteiger partial charge >= 0.3 is 5.97 Å². The molecule has 0 amide bonds. The van der Waals surface area contributed by atoms with Gasteiger partial charge in [-0.3, -0.25) is 0 Å². The summed E-state index contributed by atoms with van der Waals surface area (Å²) in [5.74, 6) is -1.70. The number of ether oxygens (including phenoxy) is 3. The van der Waals surface area contributed by atoms with Gasteiger partial charge in [-0.05, 0) is 29.7 Å². The average molecular weight is 292 g/mol. The molecule has 0 aromatic heterocycles. The summed E-state index contributed by atoms with van der Waals surface area (Å²) in [6.07, 6.45) is 4.22. The molecule has 1 aliphatic carbocycles. The highest BCUT2D eigenvalue weighted by Crippen LogP contribution is 2.38. The fourth-order valence-electron chi connectivity index (χ4n) is 2.82. The Morgan fingerprint density at radius 3 is 2.67 bits per heavy atom. The molecule has 1 aromatic rings. The topological polar surface area (TPSA) is 44.8 Å². The highest BCUT2D eigenvalue weighted by Gasteiger charge is 2.37. The molecule has 5 heteroatoms. The van der Waals surface area contributed by atoms with Crippen LogP contribution in [-0.2, 0) is 14.2 Å². The highest BCUT2D eigenvalue weighted by atomic mass is 19.1. The Kier molecular flexibility index (Phi) is 3.78. The third kappa shape index (κ3) is 2.71. The second-order valence-corrected chi connectivity index (χ2v) is 5.23. The molecule has 0 atom stereocenters. The van der Waals surface area contributed by atoms with E-state index in [0.29, 0.717) is 19.6 Å². The number of esters is 1. The number of benzene rings is 1. The maximum atomic E-state index is 14.0. The number of hydrogen-bond donors (Lipinski definition) is 0. The molecule has 112 valence electrons. The summed E-state index contributed by atoms with van der Waals surface area (Å²) in [7, 11) is 1.24. The van der Waals surface area contributed by atoms with Gasteiger partial charge in [0.25, 0.3) is 0 Å². The third-order valence-electron chi connectivity index (χ3n) is 3.99. The van der Waals surface area contributed by atoms with Crippen molar-refractivity contribution in [1.82, 2.24) is 0 Å². The number of halogens is 1. The molecular weight excluding hydrogens is 275 g/mol. The van der Waals surface area contributed by atoms with Crippen LogP contribution in [0.25, 0.3) is 5.57 Å². The first kappa shape index (κ1) is 14.2. The van der Waals surface area contributed by atoms with Crippen molar-refractivity contribution in [2.24, 2.45) is 0 Å². The van der Waals surface area contributed by atoms with Gasteiger partial charge in [-0.1, -0.05) is 12.1 Å². The van der Waals surface area contributed by atoms with E-state index in [1.54, 1.807) is 6.07 Å². The van der Waals surface area contributed by atoms with Gasteiger partial charge in [0.1, 0.15) is 5.82 Å². The predicted molar refractivity (Wildman–Crippen MR) is 74.2 cm³/mol. The Bertz CT molecular complexity index is 588. The van der Waals surface area contributed by atoms with E-state index in [2.05, 4.69) is 4.74 Å². The van der Waals surface area contributed by atoms with E-state index in [9.17, 15) is 9.18 Å². The molecule has 21 heavy (non-hydrogen) atoms. The van der Waals surface area contributed by atoms with Gasteiger partial charge in [-0.2, -0.15) is 0 Å². The summed E-state index contributed by atoms with van der Waals surface area (Å²) in [4.78, 5) is 11.4. The fraction of sp³-hybridized carbons (Fsp3) is 0.438. The molecule has 3 rings (SSSR count). The SMILES string of the molecule is COC(=O)c1ccc(C2=CCC3(CC2)OCCO3)cc1F. The maximum absolute atomic E-state index is 14.0. The van der Waals surface area contributed by atoms with Crippen molar-refractivity contribution >= 4 is 11.5 Å². The molecule has 0 radical (unpaired) electrons. The molecule has 1 aromatic carbocycles. The molecule has 1 fully saturated rings. The van der Waals surface area contributed by atoms with Gasteiger partial charge in [-0.15, -0.1) is 0 Å². The van der Waals surface area contributed by atoms with Crippen molar-refractivity contribution in [2.75, 3.05) is 20.3 Å². The van der Waals surface area contributed by atoms with Crippen LogP contribution in [0.2, 0.25) is 0 Å². The quantitative estimate of drug-likeness (QED) is 0.786. The van der Waals surface area contributed by atoms with Crippen molar-refractivity contribution in [3.63, 3.8) is 0 Å². The van der Waals surface area contributed by atoms with Crippen LogP contribution in [-0.4, -0.2) is 32.1 Å². The van der Waals surface area contributed by atoms with Crippen LogP contribution in [0.5, 0.6) is 0 Å². The molecular formula is C16H17FO4. The van der Waals surface area contributed by atoms with E-state index in [1.807, 2.05) is 6.08 Å². The number of carbonyl (C=O) groups excluding carboxylic acids is 1. The zero-order chi connectivity index (χ0) is 14.9. The smallest absolute Gasteiger partial charge is 0.340 e. The summed E-state index contributed by atoms with van der Waals surface area (Å²) in [6, 6.07) is 4.59. The van der Waals surface area contributed by atoms with Crippen LogP contribution >= 0.6 is 0 Å². The van der Waals surface area contributed by atoms with Crippen molar-refractivity contribution in [1.29, 1.82) is 0 Å². The van der Waals surface area contributed by atoms with E-state index in [-0.39, 0.29) is 5.56 Å². The second-order valence-electron chi connectivity index (χ2n) is 5.23. The standard InChI is InChI=1S/C16H17FO4/c1-19-15(18)13-3-2-12(10-14(13)17)11-4-6-16(7-5-11)20-8-9-21-16/h2-4,10H,5-9H2,1H3. The number of hydrogen-bond acceptors (Lipinski definition) is 4. The number of rotatable bonds is 2. The molecule has 1 spiro atoms. The van der Waals surface area contributed by atoms with Crippen LogP contribution in [0.4, 0.5) is 4.39 Å². The van der Waals surface area contributed by atoms with Crippen LogP contribution in [0, 0.1) is 5.82 Å². The Labute approximate surface area is 122 Å². The monoisotopic (exact) mass is 292 g/mol. The molecule has 1 heterocycles. The van der Waals surface area contributed by atoms with Crippen LogP contribution in [0.3, 0.4) is 0 Å². The van der Waals surface area contributed by atoms with Crippen LogP contribution < -0.4 is 0 Å². The van der Waals surface area contributed by atoms with Crippen molar-refractivity contribution in [3.8, 4) is 0 Å². The lowest BCUT2D eigenvalue weighted by molar-refractivity contribution is -0.159. The average Bonchev–Trinajstić information content (AvgIpc) is 2.95. The molecule has 0 saturated carbocycles. The van der Waals surface area contributed by atoms with Crippen LogP contribution in [0.15, 0.2) is 24.3 Å². The zero-order valence-corrected chi connectivity index (χ0v) is 11.9. The van der Waals surface area contributed by atoms with Crippen molar-refractivity contribution in [2.45, 2.75) is 25.0 Å². The minimum absolute atomic E-state index is 0.0448. The Hall–Kier alpha value is -1.72. The van der Waals surface area contributed by atoms with Gasteiger partial charge < -0.3 is 14.2 Å². The summed E-state index contributed by atoms with van der Waals surface area (Å²) in [5.41, 5.74) is 1.79. The minimum Gasteiger partial charge on any atom is -0.465 e. The van der Waals surface area contributed by atoms with Gasteiger partial charge in [-0.25, -0.2) is 9.18 Å². The summed E-state index contributed by atoms with van der Waals surface area (Å²) in [5, 5.41) is 0. The van der Waals surface area contributed by atoms with E-state index in [1.165, 1.54) is 19.2 Å². The lowest BCUT2D eigenvalue weighted by Gasteiger charge is -2.30. The maximum Gasteiger partial charge on any atom is 0.340 e. The zero-order valence-electron chi connectivity index (χ0n) is 11.9. The molecule has 4 nitrogen and oxygen atoms in total. The van der Waals surface area contributed by atoms with Gasteiger partial charge in [0.05, 0.1) is 25.9 Å². The van der Waals surface area contributed by atoms with Gasteiger partial charge in [0, 0.05) is 12.8 Å². The normalized spacial score (nSPS) is 20.4. The Morgan fingerprint density at radius 1 is 1.33 bits per heavy atom. The van der Waals surface area contributed by atoms with E-state index in [4.69, 9.17) is 9.47 Å². The largest absolute Gasteiger partial charge is 0.465 e. The summed E-state index contributed by atoms with van der Waals surface area (Å²) >= 11 is 0. The number of methoxy groups -OCH3 is 1. The predicted octanol–water partition coefficient (Wildman–Crippen LogP) is 2.92. The summed E-state index contributed by atoms with van der Waals surface area (Å²) in [6.45, 7) is 1.26. The van der Waals surface area contributed by atoms with E-state index < -0.39 is 17.6 Å². The fourth-order valence-corrected chi connectivity index (χ4v) is 2.82. The number of carbonyl (C=O) groups is 1. The number of allylic oxidation sites excluding steroid dienone is 1. The van der Waals surface area contributed by atoms with Crippen LogP contribution in [0.1, 0.15) is 35.2 Å². The van der Waals surface area contributed by atoms with Crippen molar-refractivity contribution < 1.29 is 23.4 Å². The Morgan fingerprint density at radius 2 is 2.10 bits per heavy atom. The lowest BCUT2D eigenvalue weighted by atomic mass is 9.89. The van der Waals surface area contributed by atoms with E-state index >= 15 is 0 Å². The summed E-state index contributed by atoms with van der Waals surface area (Å²) < 4.78 is 29.8. The first-order chi connectivity index (χ1) is 10.1. The van der Waals surface area contributed by atoms with Gasteiger partial charge in [0.15, 0.2) is 5.79 Å². The first-order valence-corrected chi connectivity index (χ1v) is 6.99. The lowest BCUT2D eigenvalue weighted by Crippen LogP contribution is -2.31. The second kappa shape index (κ2) is 5.58. The molecule has 0 unspecified atom stereocenters. The Balaban J connectivity index is 1.80. The molecule has 0 N–H and O–H groups in total. The first-order valence-electron chi connectivity index (χ1n) is 6.99. The molecule has 0 bridgehead atoms. The van der Waals surface area contributed by atoms with E-state index in [0.717, 1.165) is 24.0 Å². The molecule has 2 aliphatic rings. The molecule has 1 saturated heterocycles. The minimum atomic E-state index is -0.664. The molecule has 1 aliphatic heterocycles. The van der Waals surface area contributed by atoms with Crippen molar-refractivity contribution in [3.05, 3.63) is 41.2 Å².